The van der Waals surface area contributed by atoms with Crippen molar-refractivity contribution in [1.82, 2.24) is 5.43 Å². The molecule has 0 aromatic carbocycles. The van der Waals surface area contributed by atoms with E-state index in [4.69, 9.17) is 4.42 Å². The van der Waals surface area contributed by atoms with Crippen LogP contribution in [0.15, 0.2) is 26.3 Å². The highest BCUT2D eigenvalue weighted by atomic mass is 79.9. The lowest BCUT2D eigenvalue weighted by molar-refractivity contribution is 0.0926. The molecule has 19 heavy (non-hydrogen) atoms. The normalized spacial score (nSPS) is 11.1. The maximum absolute atomic E-state index is 11.5. The van der Waals surface area contributed by atoms with Crippen LogP contribution in [0.3, 0.4) is 0 Å². The van der Waals surface area contributed by atoms with Crippen LogP contribution in [0.2, 0.25) is 0 Å². The Hall–Kier alpha value is -1.10. The van der Waals surface area contributed by atoms with Gasteiger partial charge in [-0.3, -0.25) is 4.79 Å². The lowest BCUT2D eigenvalue weighted by Crippen LogP contribution is -2.16. The average molecular weight is 329 g/mol. The Kier molecular flexibility index (Phi) is 8.21. The third-order valence-corrected chi connectivity index (χ3v) is 3.17. The van der Waals surface area contributed by atoms with Crippen LogP contribution < -0.4 is 5.43 Å². The molecule has 4 nitrogen and oxygen atoms in total. The molecule has 1 amide bonds. The molecule has 0 bridgehead atoms. The number of hydrazone groups is 1. The van der Waals surface area contributed by atoms with Gasteiger partial charge in [0.15, 0.2) is 10.4 Å². The number of nitrogens with one attached hydrogen (secondary N) is 1. The second-order valence-corrected chi connectivity index (χ2v) is 5.19. The predicted molar refractivity (Wildman–Crippen MR) is 80.4 cm³/mol. The fourth-order valence-corrected chi connectivity index (χ4v) is 1.98. The third-order valence-electron chi connectivity index (χ3n) is 2.74. The highest BCUT2D eigenvalue weighted by molar-refractivity contribution is 9.10. The topological polar surface area (TPSA) is 54.6 Å². The first-order valence-corrected chi connectivity index (χ1v) is 7.60. The number of halogens is 1. The Labute approximate surface area is 122 Å². The third kappa shape index (κ3) is 7.15. The molecular formula is C14H21BrN2O2. The number of hydrogen-bond donors (Lipinski definition) is 1. The Morgan fingerprint density at radius 2 is 2.05 bits per heavy atom. The van der Waals surface area contributed by atoms with Gasteiger partial charge in [-0.15, -0.1) is 0 Å². The molecule has 0 aliphatic rings. The van der Waals surface area contributed by atoms with E-state index in [1.807, 2.05) is 0 Å². The molecule has 1 heterocycles. The zero-order valence-corrected chi connectivity index (χ0v) is 12.9. The van der Waals surface area contributed by atoms with Crippen molar-refractivity contribution in [3.63, 3.8) is 0 Å². The van der Waals surface area contributed by atoms with Crippen molar-refractivity contribution < 1.29 is 9.21 Å². The van der Waals surface area contributed by atoms with Crippen LogP contribution in [0.4, 0.5) is 0 Å². The molecule has 1 rings (SSSR count). The number of hydrogen-bond acceptors (Lipinski definition) is 3. The summed E-state index contributed by atoms with van der Waals surface area (Å²) in [6.45, 7) is 2.22. The minimum Gasteiger partial charge on any atom is -0.444 e. The number of furan rings is 1. The van der Waals surface area contributed by atoms with Gasteiger partial charge in [-0.2, -0.15) is 5.10 Å². The Morgan fingerprint density at radius 1 is 1.32 bits per heavy atom. The number of carbonyl (C=O) groups excluding carboxylic acids is 1. The molecule has 0 spiro atoms. The lowest BCUT2D eigenvalue weighted by Gasteiger charge is -1.98. The summed E-state index contributed by atoms with van der Waals surface area (Å²) >= 11 is 3.14. The fraction of sp³-hybridized carbons (Fsp3) is 0.571. The second kappa shape index (κ2) is 9.78. The molecule has 1 N–H and O–H groups in total. The largest absolute Gasteiger partial charge is 0.444 e. The van der Waals surface area contributed by atoms with Gasteiger partial charge in [0.05, 0.1) is 0 Å². The molecule has 0 saturated carbocycles. The van der Waals surface area contributed by atoms with Gasteiger partial charge in [-0.1, -0.05) is 39.0 Å². The van der Waals surface area contributed by atoms with Crippen LogP contribution in [0.5, 0.6) is 0 Å². The van der Waals surface area contributed by atoms with Crippen LogP contribution in [-0.2, 0) is 0 Å². The van der Waals surface area contributed by atoms with E-state index >= 15 is 0 Å². The van der Waals surface area contributed by atoms with E-state index in [1.165, 1.54) is 32.1 Å². The summed E-state index contributed by atoms with van der Waals surface area (Å²) in [6.07, 6.45) is 10.2. The summed E-state index contributed by atoms with van der Waals surface area (Å²) in [4.78, 5) is 11.5. The minimum absolute atomic E-state index is 0.253. The van der Waals surface area contributed by atoms with Gasteiger partial charge < -0.3 is 4.42 Å². The quantitative estimate of drug-likeness (QED) is 0.412. The molecule has 1 aromatic rings. The maximum Gasteiger partial charge on any atom is 0.307 e. The maximum atomic E-state index is 11.5. The summed E-state index contributed by atoms with van der Waals surface area (Å²) < 4.78 is 5.64. The standard InChI is InChI=1S/C14H21BrN2O2/c1-2-3-4-5-6-7-8-11-16-17-14(18)12-9-10-13(15)19-12/h9-11H,2-8H2,1H3,(H,17,18)/b16-11-. The van der Waals surface area contributed by atoms with E-state index in [0.717, 1.165) is 12.8 Å². The van der Waals surface area contributed by atoms with E-state index in [2.05, 4.69) is 33.4 Å². The second-order valence-electron chi connectivity index (χ2n) is 4.41. The molecule has 5 heteroatoms. The molecule has 1 aromatic heterocycles. The number of nitrogens with zero attached hydrogens (tertiary/aromatic N) is 1. The van der Waals surface area contributed by atoms with Crippen molar-refractivity contribution >= 4 is 28.1 Å². The number of carbonyl (C=O) groups is 1. The molecule has 106 valence electrons. The molecule has 0 unspecified atom stereocenters. The van der Waals surface area contributed by atoms with Crippen LogP contribution in [-0.4, -0.2) is 12.1 Å². The molecule has 0 atom stereocenters. The summed E-state index contributed by atoms with van der Waals surface area (Å²) in [5.74, 6) is -0.0755. The fourth-order valence-electron chi connectivity index (χ4n) is 1.68. The zero-order valence-electron chi connectivity index (χ0n) is 11.3. The van der Waals surface area contributed by atoms with Gasteiger partial charge in [-0.25, -0.2) is 5.43 Å². The van der Waals surface area contributed by atoms with Crippen molar-refractivity contribution in [2.45, 2.75) is 51.9 Å². The molecule has 0 saturated heterocycles. The van der Waals surface area contributed by atoms with Crippen LogP contribution in [0, 0.1) is 0 Å². The molecule has 0 radical (unpaired) electrons. The zero-order chi connectivity index (χ0) is 13.9. The van der Waals surface area contributed by atoms with Crippen molar-refractivity contribution in [3.8, 4) is 0 Å². The molecule has 0 aliphatic carbocycles. The van der Waals surface area contributed by atoms with E-state index < -0.39 is 0 Å². The molecular weight excluding hydrogens is 308 g/mol. The van der Waals surface area contributed by atoms with E-state index in [9.17, 15) is 4.79 Å². The smallest absolute Gasteiger partial charge is 0.307 e. The Balaban J connectivity index is 2.05. The van der Waals surface area contributed by atoms with Gasteiger partial charge in [0.2, 0.25) is 0 Å². The summed E-state index contributed by atoms with van der Waals surface area (Å²) in [5.41, 5.74) is 2.44. The summed E-state index contributed by atoms with van der Waals surface area (Å²) in [7, 11) is 0. The molecule has 0 aliphatic heterocycles. The van der Waals surface area contributed by atoms with Crippen LogP contribution >= 0.6 is 15.9 Å². The van der Waals surface area contributed by atoms with E-state index in [-0.39, 0.29) is 11.7 Å². The minimum atomic E-state index is -0.329. The number of unbranched alkanes of at least 4 members (excludes halogenated alkanes) is 6. The van der Waals surface area contributed by atoms with Crippen molar-refractivity contribution in [2.75, 3.05) is 0 Å². The van der Waals surface area contributed by atoms with Gasteiger partial charge in [0.25, 0.3) is 0 Å². The van der Waals surface area contributed by atoms with Crippen molar-refractivity contribution in [2.24, 2.45) is 5.10 Å². The van der Waals surface area contributed by atoms with Crippen LogP contribution in [0.25, 0.3) is 0 Å². The average Bonchev–Trinajstić information content (AvgIpc) is 2.83. The highest BCUT2D eigenvalue weighted by Crippen LogP contribution is 2.13. The first-order valence-electron chi connectivity index (χ1n) is 6.81. The number of amides is 1. The van der Waals surface area contributed by atoms with Crippen LogP contribution in [0.1, 0.15) is 62.4 Å². The number of rotatable bonds is 9. The first-order chi connectivity index (χ1) is 9.24. The monoisotopic (exact) mass is 328 g/mol. The van der Waals surface area contributed by atoms with Gasteiger partial charge in [-0.05, 0) is 40.9 Å². The van der Waals surface area contributed by atoms with E-state index in [0.29, 0.717) is 4.67 Å². The molecule has 0 fully saturated rings. The summed E-state index contributed by atoms with van der Waals surface area (Å²) in [6, 6.07) is 3.28. The van der Waals surface area contributed by atoms with Gasteiger partial charge in [0.1, 0.15) is 0 Å². The van der Waals surface area contributed by atoms with Crippen molar-refractivity contribution in [1.29, 1.82) is 0 Å². The predicted octanol–water partition coefficient (Wildman–Crippen LogP) is 4.51. The van der Waals surface area contributed by atoms with Crippen molar-refractivity contribution in [3.05, 3.63) is 22.6 Å². The van der Waals surface area contributed by atoms with Gasteiger partial charge in [0, 0.05) is 6.21 Å². The Morgan fingerprint density at radius 3 is 2.74 bits per heavy atom. The van der Waals surface area contributed by atoms with Gasteiger partial charge >= 0.3 is 5.91 Å². The highest BCUT2D eigenvalue weighted by Gasteiger charge is 2.08. The lowest BCUT2D eigenvalue weighted by atomic mass is 10.1. The Bertz CT molecular complexity index is 402. The van der Waals surface area contributed by atoms with E-state index in [1.54, 1.807) is 18.3 Å². The summed E-state index contributed by atoms with van der Waals surface area (Å²) in [5, 5.41) is 3.89. The first kappa shape index (κ1) is 16.0. The SMILES string of the molecule is CCCCCCCC/C=N\NC(=O)c1ccc(Br)o1.